The molecule has 27 heavy (non-hydrogen) atoms. The molecule has 0 saturated heterocycles. The number of amides is 1. The lowest BCUT2D eigenvalue weighted by atomic mass is 10.2. The summed E-state index contributed by atoms with van der Waals surface area (Å²) in [5.74, 6) is 0.174. The zero-order valence-electron chi connectivity index (χ0n) is 14.8. The van der Waals surface area contributed by atoms with Crippen molar-refractivity contribution >= 4 is 28.1 Å². The number of nitrogens with one attached hydrogen (secondary N) is 1. The normalized spacial score (nSPS) is 11.0. The Balaban J connectivity index is 1.67. The predicted octanol–water partition coefficient (Wildman–Crippen LogP) is 2.00. The molecular formula is C19H17N5O3. The zero-order valence-corrected chi connectivity index (χ0v) is 14.8. The van der Waals surface area contributed by atoms with E-state index in [0.717, 1.165) is 21.1 Å². The highest BCUT2D eigenvalue weighted by atomic mass is 16.5. The fourth-order valence-corrected chi connectivity index (χ4v) is 2.95. The number of hydrogen-bond acceptors (Lipinski definition) is 5. The molecule has 0 spiro atoms. The van der Waals surface area contributed by atoms with Gasteiger partial charge in [0.15, 0.2) is 5.65 Å². The molecule has 0 aliphatic carbocycles. The monoisotopic (exact) mass is 363 g/mol. The maximum atomic E-state index is 12.6. The van der Waals surface area contributed by atoms with Gasteiger partial charge >= 0.3 is 5.69 Å². The van der Waals surface area contributed by atoms with E-state index in [1.807, 2.05) is 37.3 Å². The first-order valence-electron chi connectivity index (χ1n) is 8.34. The van der Waals surface area contributed by atoms with Crippen molar-refractivity contribution in [3.63, 3.8) is 0 Å². The third-order valence-corrected chi connectivity index (χ3v) is 4.25. The Morgan fingerprint density at radius 2 is 2.04 bits per heavy atom. The molecule has 0 radical (unpaired) electrons. The first kappa shape index (κ1) is 16.8. The zero-order chi connectivity index (χ0) is 19.0. The Bertz CT molecular complexity index is 1230. The summed E-state index contributed by atoms with van der Waals surface area (Å²) in [6, 6.07) is 12.9. The number of rotatable bonds is 4. The summed E-state index contributed by atoms with van der Waals surface area (Å²) in [5, 5.41) is 7.84. The fourth-order valence-electron chi connectivity index (χ4n) is 2.95. The van der Waals surface area contributed by atoms with Gasteiger partial charge in [0.1, 0.15) is 18.6 Å². The molecule has 0 aliphatic rings. The van der Waals surface area contributed by atoms with Gasteiger partial charge in [-0.3, -0.25) is 4.79 Å². The van der Waals surface area contributed by atoms with Crippen molar-refractivity contribution in [2.45, 2.75) is 13.5 Å². The number of ether oxygens (including phenoxy) is 1. The van der Waals surface area contributed by atoms with Crippen molar-refractivity contribution in [2.75, 3.05) is 12.4 Å². The molecule has 1 N–H and O–H groups in total. The number of fused-ring (bicyclic) bond motifs is 3. The molecule has 2 heterocycles. The van der Waals surface area contributed by atoms with Crippen LogP contribution in [0.15, 0.2) is 53.6 Å². The van der Waals surface area contributed by atoms with Gasteiger partial charge in [0.2, 0.25) is 5.91 Å². The number of hydrogen-bond donors (Lipinski definition) is 1. The third kappa shape index (κ3) is 3.01. The van der Waals surface area contributed by atoms with Crippen LogP contribution in [0.4, 0.5) is 5.69 Å². The van der Waals surface area contributed by atoms with E-state index in [1.165, 1.54) is 17.8 Å². The van der Waals surface area contributed by atoms with E-state index < -0.39 is 5.69 Å². The number of carbonyl (C=O) groups is 1. The summed E-state index contributed by atoms with van der Waals surface area (Å²) in [5.41, 5.74) is 2.30. The highest BCUT2D eigenvalue weighted by Crippen LogP contribution is 2.25. The van der Waals surface area contributed by atoms with Crippen LogP contribution in [0.3, 0.4) is 0 Å². The lowest BCUT2D eigenvalue weighted by Crippen LogP contribution is -2.28. The highest BCUT2D eigenvalue weighted by molar-refractivity contribution is 5.93. The third-order valence-electron chi connectivity index (χ3n) is 4.25. The van der Waals surface area contributed by atoms with E-state index >= 15 is 0 Å². The van der Waals surface area contributed by atoms with E-state index in [-0.39, 0.29) is 12.5 Å². The molecule has 4 rings (SSSR count). The summed E-state index contributed by atoms with van der Waals surface area (Å²) < 4.78 is 7.72. The van der Waals surface area contributed by atoms with Gasteiger partial charge in [-0.25, -0.2) is 18.9 Å². The van der Waals surface area contributed by atoms with Gasteiger partial charge in [-0.1, -0.05) is 18.2 Å². The van der Waals surface area contributed by atoms with Crippen molar-refractivity contribution in [3.05, 3.63) is 64.8 Å². The maximum absolute atomic E-state index is 12.6. The minimum atomic E-state index is -0.422. The van der Waals surface area contributed by atoms with Gasteiger partial charge < -0.3 is 10.1 Å². The van der Waals surface area contributed by atoms with Crippen LogP contribution >= 0.6 is 0 Å². The van der Waals surface area contributed by atoms with Crippen LogP contribution in [0.1, 0.15) is 5.56 Å². The number of para-hydroxylation sites is 1. The minimum absolute atomic E-state index is 0.216. The molecule has 0 saturated carbocycles. The minimum Gasteiger partial charge on any atom is -0.495 e. The van der Waals surface area contributed by atoms with E-state index in [9.17, 15) is 9.59 Å². The van der Waals surface area contributed by atoms with Gasteiger partial charge in [0.25, 0.3) is 0 Å². The van der Waals surface area contributed by atoms with Crippen molar-refractivity contribution in [1.29, 1.82) is 0 Å². The summed E-state index contributed by atoms with van der Waals surface area (Å²) >= 11 is 0. The van der Waals surface area contributed by atoms with Crippen LogP contribution < -0.4 is 15.7 Å². The molecule has 2 aromatic heterocycles. The number of benzene rings is 2. The number of carbonyl (C=O) groups excluding carboxylic acids is 1. The first-order valence-corrected chi connectivity index (χ1v) is 8.34. The second-order valence-electron chi connectivity index (χ2n) is 6.15. The molecule has 8 nitrogen and oxygen atoms in total. The van der Waals surface area contributed by atoms with Crippen LogP contribution in [-0.4, -0.2) is 32.2 Å². The van der Waals surface area contributed by atoms with Crippen LogP contribution in [0, 0.1) is 6.92 Å². The Labute approximate surface area is 154 Å². The van der Waals surface area contributed by atoms with E-state index in [0.29, 0.717) is 17.1 Å². The standard InChI is InChI=1S/C19H17N5O3/c1-12-7-8-16(27-2)15(9-12)21-17(25)10-24-19(26)23-11-20-14-6-4-3-5-13(14)18(23)22-24/h3-9,11H,10H2,1-2H3,(H,21,25). The van der Waals surface area contributed by atoms with Crippen molar-refractivity contribution in [1.82, 2.24) is 19.2 Å². The molecule has 0 bridgehead atoms. The molecule has 0 aliphatic heterocycles. The summed E-state index contributed by atoms with van der Waals surface area (Å²) in [7, 11) is 1.53. The summed E-state index contributed by atoms with van der Waals surface area (Å²) in [6.07, 6.45) is 1.42. The Morgan fingerprint density at radius 3 is 2.85 bits per heavy atom. The van der Waals surface area contributed by atoms with Crippen LogP contribution in [-0.2, 0) is 11.3 Å². The number of methoxy groups -OCH3 is 1. The number of aromatic nitrogens is 4. The van der Waals surface area contributed by atoms with Gasteiger partial charge in [-0.05, 0) is 36.8 Å². The Morgan fingerprint density at radius 1 is 1.22 bits per heavy atom. The van der Waals surface area contributed by atoms with Crippen LogP contribution in [0.2, 0.25) is 0 Å². The molecule has 8 heteroatoms. The van der Waals surface area contributed by atoms with Gasteiger partial charge in [-0.15, -0.1) is 5.10 Å². The topological polar surface area (TPSA) is 90.5 Å². The second-order valence-corrected chi connectivity index (χ2v) is 6.15. The van der Waals surface area contributed by atoms with E-state index in [1.54, 1.807) is 12.1 Å². The fraction of sp³-hybridized carbons (Fsp3) is 0.158. The average Bonchev–Trinajstić information content (AvgIpc) is 2.98. The van der Waals surface area contributed by atoms with Crippen molar-refractivity contribution in [2.24, 2.45) is 0 Å². The van der Waals surface area contributed by atoms with Crippen molar-refractivity contribution < 1.29 is 9.53 Å². The molecule has 2 aromatic carbocycles. The molecule has 136 valence electrons. The Hall–Kier alpha value is -3.68. The average molecular weight is 363 g/mol. The largest absolute Gasteiger partial charge is 0.495 e. The number of anilines is 1. The summed E-state index contributed by atoms with van der Waals surface area (Å²) in [6.45, 7) is 1.70. The van der Waals surface area contributed by atoms with Crippen LogP contribution in [0.5, 0.6) is 5.75 Å². The maximum Gasteiger partial charge on any atom is 0.352 e. The smallest absolute Gasteiger partial charge is 0.352 e. The Kier molecular flexibility index (Phi) is 4.08. The van der Waals surface area contributed by atoms with Gasteiger partial charge in [0, 0.05) is 5.39 Å². The lowest BCUT2D eigenvalue weighted by molar-refractivity contribution is -0.117. The van der Waals surface area contributed by atoms with E-state index in [2.05, 4.69) is 15.4 Å². The molecule has 0 fully saturated rings. The molecule has 0 unspecified atom stereocenters. The lowest BCUT2D eigenvalue weighted by Gasteiger charge is -2.10. The van der Waals surface area contributed by atoms with Crippen molar-refractivity contribution in [3.8, 4) is 5.75 Å². The predicted molar refractivity (Wildman–Crippen MR) is 101 cm³/mol. The SMILES string of the molecule is COc1ccc(C)cc1NC(=O)Cn1nc2c3ccccc3ncn2c1=O. The first-order chi connectivity index (χ1) is 13.1. The number of aryl methyl sites for hydroxylation is 1. The quantitative estimate of drug-likeness (QED) is 0.599. The molecular weight excluding hydrogens is 346 g/mol. The van der Waals surface area contributed by atoms with Crippen LogP contribution in [0.25, 0.3) is 16.6 Å². The number of nitrogens with zero attached hydrogens (tertiary/aromatic N) is 4. The summed E-state index contributed by atoms with van der Waals surface area (Å²) in [4.78, 5) is 29.3. The van der Waals surface area contributed by atoms with Gasteiger partial charge in [0.05, 0.1) is 18.3 Å². The molecule has 1 amide bonds. The van der Waals surface area contributed by atoms with E-state index in [4.69, 9.17) is 4.74 Å². The van der Waals surface area contributed by atoms with Gasteiger partial charge in [-0.2, -0.15) is 0 Å². The molecule has 4 aromatic rings. The molecule has 0 atom stereocenters. The highest BCUT2D eigenvalue weighted by Gasteiger charge is 2.14. The second kappa shape index (κ2) is 6.56.